The molecule has 0 bridgehead atoms. The van der Waals surface area contributed by atoms with Gasteiger partial charge in [-0.25, -0.2) is 9.67 Å². The van der Waals surface area contributed by atoms with E-state index in [1.54, 1.807) is 0 Å². The van der Waals surface area contributed by atoms with E-state index in [1.165, 1.54) is 5.56 Å². The quantitative estimate of drug-likeness (QED) is 0.600. The summed E-state index contributed by atoms with van der Waals surface area (Å²) in [7, 11) is 0. The fraction of sp³-hybridized carbons (Fsp3) is 0.458. The van der Waals surface area contributed by atoms with Gasteiger partial charge in [0.1, 0.15) is 0 Å². The van der Waals surface area contributed by atoms with Crippen LogP contribution in [-0.4, -0.2) is 32.1 Å². The Kier molecular flexibility index (Phi) is 5.65. The molecule has 1 aliphatic heterocycles. The monoisotopic (exact) mass is 390 g/mol. The molecule has 1 atom stereocenters. The number of amides is 1. The van der Waals surface area contributed by atoms with Crippen molar-refractivity contribution in [3.05, 3.63) is 58.9 Å². The maximum Gasteiger partial charge on any atom is 0.255 e. The van der Waals surface area contributed by atoms with E-state index in [4.69, 9.17) is 10.1 Å². The lowest BCUT2D eigenvalue weighted by Gasteiger charge is -2.36. The smallest absolute Gasteiger partial charge is 0.255 e. The van der Waals surface area contributed by atoms with E-state index in [9.17, 15) is 4.79 Å². The van der Waals surface area contributed by atoms with Crippen LogP contribution in [0.25, 0.3) is 11.0 Å². The van der Waals surface area contributed by atoms with E-state index in [-0.39, 0.29) is 11.9 Å². The minimum atomic E-state index is 0.104. The molecule has 29 heavy (non-hydrogen) atoms. The van der Waals surface area contributed by atoms with E-state index in [0.717, 1.165) is 73.2 Å². The van der Waals surface area contributed by atoms with Crippen LogP contribution in [0.4, 0.5) is 0 Å². The molecule has 1 aliphatic rings. The van der Waals surface area contributed by atoms with Crippen molar-refractivity contribution in [2.45, 2.75) is 65.5 Å². The number of likely N-dealkylation sites (tertiary alicyclic amines) is 1. The zero-order valence-electron chi connectivity index (χ0n) is 17.7. The fourth-order valence-corrected chi connectivity index (χ4v) is 4.46. The third-order valence-electron chi connectivity index (χ3n) is 5.91. The first kappa shape index (κ1) is 19.6. The van der Waals surface area contributed by atoms with Crippen molar-refractivity contribution in [2.75, 3.05) is 6.54 Å². The van der Waals surface area contributed by atoms with Gasteiger partial charge < -0.3 is 4.90 Å². The third kappa shape index (κ3) is 3.78. The van der Waals surface area contributed by atoms with Crippen LogP contribution < -0.4 is 0 Å². The maximum absolute atomic E-state index is 13.8. The summed E-state index contributed by atoms with van der Waals surface area (Å²) >= 11 is 0. The highest BCUT2D eigenvalue weighted by Gasteiger charge is 2.30. The maximum atomic E-state index is 13.8. The summed E-state index contributed by atoms with van der Waals surface area (Å²) in [5.74, 6) is 0.104. The number of nitrogens with zero attached hydrogens (tertiary/aromatic N) is 4. The summed E-state index contributed by atoms with van der Waals surface area (Å²) in [5.41, 5.74) is 4.56. The number of aromatic nitrogens is 3. The molecule has 0 radical (unpaired) electrons. The van der Waals surface area contributed by atoms with Crippen LogP contribution in [0.1, 0.15) is 72.4 Å². The highest BCUT2D eigenvalue weighted by molar-refractivity contribution is 6.06. The van der Waals surface area contributed by atoms with Gasteiger partial charge in [0.15, 0.2) is 5.65 Å². The van der Waals surface area contributed by atoms with E-state index in [0.29, 0.717) is 0 Å². The largest absolute Gasteiger partial charge is 0.332 e. The molecule has 1 amide bonds. The predicted octanol–water partition coefficient (Wildman–Crippen LogP) is 5.22. The van der Waals surface area contributed by atoms with E-state index >= 15 is 0 Å². The van der Waals surface area contributed by atoms with Gasteiger partial charge in [-0.15, -0.1) is 0 Å². The van der Waals surface area contributed by atoms with Crippen molar-refractivity contribution in [2.24, 2.45) is 0 Å². The molecule has 4 rings (SSSR count). The van der Waals surface area contributed by atoms with Crippen LogP contribution in [0.15, 0.2) is 36.4 Å². The third-order valence-corrected chi connectivity index (χ3v) is 5.91. The number of benzene rings is 1. The van der Waals surface area contributed by atoms with Gasteiger partial charge in [-0.2, -0.15) is 5.10 Å². The zero-order valence-corrected chi connectivity index (χ0v) is 17.7. The average Bonchev–Trinajstić information content (AvgIpc) is 3.07. The molecule has 5 nitrogen and oxygen atoms in total. The van der Waals surface area contributed by atoms with Gasteiger partial charge in [0.25, 0.3) is 5.91 Å². The second-order valence-electron chi connectivity index (χ2n) is 8.09. The number of rotatable bonds is 5. The van der Waals surface area contributed by atoms with Gasteiger partial charge in [0.05, 0.1) is 22.7 Å². The molecule has 3 aromatic rings. The Hall–Kier alpha value is -2.69. The summed E-state index contributed by atoms with van der Waals surface area (Å²) < 4.78 is 1.98. The van der Waals surface area contributed by atoms with Gasteiger partial charge in [-0.05, 0) is 51.2 Å². The van der Waals surface area contributed by atoms with Crippen LogP contribution in [0.2, 0.25) is 0 Å². The zero-order chi connectivity index (χ0) is 20.4. The van der Waals surface area contributed by atoms with Gasteiger partial charge >= 0.3 is 0 Å². The van der Waals surface area contributed by atoms with E-state index < -0.39 is 0 Å². The van der Waals surface area contributed by atoms with Crippen LogP contribution >= 0.6 is 0 Å². The molecule has 152 valence electrons. The number of pyridine rings is 1. The second kappa shape index (κ2) is 8.36. The Morgan fingerprint density at radius 3 is 2.72 bits per heavy atom. The van der Waals surface area contributed by atoms with Gasteiger partial charge in [-0.1, -0.05) is 43.7 Å². The first-order valence-electron chi connectivity index (χ1n) is 10.8. The normalized spacial score (nSPS) is 17.1. The van der Waals surface area contributed by atoms with E-state index in [2.05, 4.69) is 36.1 Å². The van der Waals surface area contributed by atoms with Crippen LogP contribution in [0.5, 0.6) is 0 Å². The molecular weight excluding hydrogens is 360 g/mol. The fourth-order valence-electron chi connectivity index (χ4n) is 4.46. The number of fused-ring (bicyclic) bond motifs is 1. The van der Waals surface area contributed by atoms with Crippen molar-refractivity contribution in [3.8, 4) is 0 Å². The van der Waals surface area contributed by atoms with Gasteiger partial charge in [0.2, 0.25) is 0 Å². The Labute approximate surface area is 172 Å². The molecule has 3 heterocycles. The SMILES string of the molecule is CCCCn1nc(C)c2c(C(=O)N3CCCC[C@@H]3c3ccccc3)cc(C)nc21. The Balaban J connectivity index is 1.77. The summed E-state index contributed by atoms with van der Waals surface area (Å²) in [5, 5.41) is 5.63. The Morgan fingerprint density at radius 1 is 1.17 bits per heavy atom. The number of hydrogen-bond donors (Lipinski definition) is 0. The highest BCUT2D eigenvalue weighted by atomic mass is 16.2. The number of carbonyl (C=O) groups excluding carboxylic acids is 1. The summed E-state index contributed by atoms with van der Waals surface area (Å²) in [6, 6.07) is 12.5. The van der Waals surface area contributed by atoms with Crippen molar-refractivity contribution in [1.29, 1.82) is 0 Å². The number of unbranched alkanes of at least 4 members (excludes halogenated alkanes) is 1. The number of aryl methyl sites for hydroxylation is 3. The lowest BCUT2D eigenvalue weighted by atomic mass is 9.94. The summed E-state index contributed by atoms with van der Waals surface area (Å²) in [4.78, 5) is 20.6. The molecule has 0 saturated carbocycles. The number of hydrogen-bond acceptors (Lipinski definition) is 3. The van der Waals surface area contributed by atoms with Crippen molar-refractivity contribution >= 4 is 16.9 Å². The molecule has 1 saturated heterocycles. The van der Waals surface area contributed by atoms with Gasteiger partial charge in [0, 0.05) is 18.8 Å². The summed E-state index contributed by atoms with van der Waals surface area (Å²) in [6.45, 7) is 7.76. The Morgan fingerprint density at radius 2 is 1.97 bits per heavy atom. The molecule has 0 spiro atoms. The van der Waals surface area contributed by atoms with E-state index in [1.807, 2.05) is 30.7 Å². The molecule has 0 unspecified atom stereocenters. The average molecular weight is 391 g/mol. The van der Waals surface area contributed by atoms with Crippen LogP contribution in [0, 0.1) is 13.8 Å². The Bertz CT molecular complexity index is 1010. The summed E-state index contributed by atoms with van der Waals surface area (Å²) in [6.07, 6.45) is 5.37. The molecule has 1 fully saturated rings. The predicted molar refractivity (Wildman–Crippen MR) is 116 cm³/mol. The number of piperidine rings is 1. The molecule has 5 heteroatoms. The molecule has 2 aromatic heterocycles. The first-order valence-corrected chi connectivity index (χ1v) is 10.8. The lowest BCUT2D eigenvalue weighted by molar-refractivity contribution is 0.0613. The second-order valence-corrected chi connectivity index (χ2v) is 8.09. The van der Waals surface area contributed by atoms with Crippen LogP contribution in [0.3, 0.4) is 0 Å². The minimum absolute atomic E-state index is 0.104. The van der Waals surface area contributed by atoms with Crippen molar-refractivity contribution in [1.82, 2.24) is 19.7 Å². The standard InChI is InChI=1S/C24H30N4O/c1-4-5-15-28-23-22(18(3)26-28)20(16-17(2)25-23)24(29)27-14-10-9-13-21(27)19-11-7-6-8-12-19/h6-8,11-12,16,21H,4-5,9-10,13-15H2,1-3H3/t21-/m1/s1. The lowest BCUT2D eigenvalue weighted by Crippen LogP contribution is -2.38. The highest BCUT2D eigenvalue weighted by Crippen LogP contribution is 2.33. The first-order chi connectivity index (χ1) is 14.1. The topological polar surface area (TPSA) is 51.0 Å². The minimum Gasteiger partial charge on any atom is -0.332 e. The number of carbonyl (C=O) groups is 1. The van der Waals surface area contributed by atoms with Crippen molar-refractivity contribution in [3.63, 3.8) is 0 Å². The van der Waals surface area contributed by atoms with Crippen molar-refractivity contribution < 1.29 is 4.79 Å². The van der Waals surface area contributed by atoms with Crippen LogP contribution in [-0.2, 0) is 6.54 Å². The molecular formula is C24H30N4O. The molecule has 0 N–H and O–H groups in total. The molecule has 0 aliphatic carbocycles. The molecule has 1 aromatic carbocycles. The van der Waals surface area contributed by atoms with Gasteiger partial charge in [-0.3, -0.25) is 4.79 Å².